The molecule has 3 N–H and O–H groups in total. The number of anilines is 1. The lowest BCUT2D eigenvalue weighted by Gasteiger charge is -2.28. The smallest absolute Gasteiger partial charge is 0.338 e. The molecule has 2 rings (SSSR count). The van der Waals surface area contributed by atoms with Crippen molar-refractivity contribution in [3.8, 4) is 6.07 Å². The fraction of sp³-hybridized carbons (Fsp3) is 0.500. The number of nitrogens with one attached hydrogen (secondary N) is 1. The number of carbonyl (C=O) groups excluding carboxylic acids is 1. The molecule has 5 heteroatoms. The van der Waals surface area contributed by atoms with Gasteiger partial charge in [-0.25, -0.2) is 4.79 Å². The van der Waals surface area contributed by atoms with Gasteiger partial charge in [-0.3, -0.25) is 0 Å². The Labute approximate surface area is 125 Å². The van der Waals surface area contributed by atoms with Gasteiger partial charge in [0.05, 0.1) is 23.4 Å². The number of nitriles is 1. The van der Waals surface area contributed by atoms with Crippen molar-refractivity contribution in [2.75, 3.05) is 11.9 Å². The molecule has 0 atom stereocenters. The molecule has 0 bridgehead atoms. The third kappa shape index (κ3) is 3.96. The lowest BCUT2D eigenvalue weighted by atomic mass is 9.91. The van der Waals surface area contributed by atoms with Crippen LogP contribution in [-0.2, 0) is 4.74 Å². The molecule has 0 aromatic heterocycles. The third-order valence-electron chi connectivity index (χ3n) is 3.78. The minimum absolute atomic E-state index is 0.282. The summed E-state index contributed by atoms with van der Waals surface area (Å²) in [7, 11) is 0. The highest BCUT2D eigenvalue weighted by atomic mass is 16.5. The van der Waals surface area contributed by atoms with E-state index in [1.807, 2.05) is 0 Å². The zero-order chi connectivity index (χ0) is 15.2. The van der Waals surface area contributed by atoms with Gasteiger partial charge in [0.25, 0.3) is 0 Å². The van der Waals surface area contributed by atoms with Gasteiger partial charge in [-0.1, -0.05) is 0 Å². The zero-order valence-electron chi connectivity index (χ0n) is 12.3. The predicted octanol–water partition coefficient (Wildman–Crippen LogP) is 2.42. The van der Waals surface area contributed by atoms with Gasteiger partial charge >= 0.3 is 5.97 Å². The molecule has 112 valence electrons. The van der Waals surface area contributed by atoms with E-state index in [0.717, 1.165) is 25.7 Å². The first-order valence-electron chi connectivity index (χ1n) is 7.37. The van der Waals surface area contributed by atoms with Crippen molar-refractivity contribution in [1.82, 2.24) is 0 Å². The molecule has 0 spiro atoms. The molecule has 21 heavy (non-hydrogen) atoms. The molecule has 5 nitrogen and oxygen atoms in total. The number of esters is 1. The van der Waals surface area contributed by atoms with E-state index in [0.29, 0.717) is 29.5 Å². The van der Waals surface area contributed by atoms with Crippen LogP contribution in [0, 0.1) is 11.3 Å². The van der Waals surface area contributed by atoms with Crippen molar-refractivity contribution in [2.24, 2.45) is 5.73 Å². The van der Waals surface area contributed by atoms with Gasteiger partial charge in [-0.15, -0.1) is 0 Å². The molecule has 0 heterocycles. The monoisotopic (exact) mass is 287 g/mol. The van der Waals surface area contributed by atoms with Gasteiger partial charge in [-0.05, 0) is 50.8 Å². The van der Waals surface area contributed by atoms with E-state index in [4.69, 9.17) is 10.5 Å². The number of nitrogens with zero attached hydrogens (tertiary/aromatic N) is 1. The molecule has 1 aliphatic rings. The van der Waals surface area contributed by atoms with E-state index in [-0.39, 0.29) is 12.0 Å². The first-order valence-corrected chi connectivity index (χ1v) is 7.37. The number of ether oxygens (including phenoxy) is 1. The normalized spacial score (nSPS) is 21.4. The first-order chi connectivity index (χ1) is 10.1. The van der Waals surface area contributed by atoms with Gasteiger partial charge in [0.1, 0.15) is 6.07 Å². The summed E-state index contributed by atoms with van der Waals surface area (Å²) in [4.78, 5) is 11.8. The van der Waals surface area contributed by atoms with Crippen LogP contribution in [0.25, 0.3) is 0 Å². The number of carbonyl (C=O) groups is 1. The molecule has 1 saturated carbocycles. The minimum Gasteiger partial charge on any atom is -0.462 e. The largest absolute Gasteiger partial charge is 0.462 e. The molecule has 0 amide bonds. The van der Waals surface area contributed by atoms with E-state index in [1.165, 1.54) is 0 Å². The van der Waals surface area contributed by atoms with Crippen molar-refractivity contribution < 1.29 is 9.53 Å². The number of hydrogen-bond donors (Lipinski definition) is 2. The van der Waals surface area contributed by atoms with Crippen molar-refractivity contribution in [3.05, 3.63) is 29.3 Å². The summed E-state index contributed by atoms with van der Waals surface area (Å²) in [6, 6.07) is 7.71. The maximum Gasteiger partial charge on any atom is 0.338 e. The van der Waals surface area contributed by atoms with E-state index >= 15 is 0 Å². The van der Waals surface area contributed by atoms with Crippen molar-refractivity contribution in [2.45, 2.75) is 44.7 Å². The number of rotatable bonds is 4. The molecule has 1 fully saturated rings. The van der Waals surface area contributed by atoms with Crippen molar-refractivity contribution in [1.29, 1.82) is 5.26 Å². The van der Waals surface area contributed by atoms with Crippen LogP contribution in [-0.4, -0.2) is 24.7 Å². The van der Waals surface area contributed by atoms with Gasteiger partial charge in [0.2, 0.25) is 0 Å². The highest BCUT2D eigenvalue weighted by Crippen LogP contribution is 2.24. The highest BCUT2D eigenvalue weighted by Gasteiger charge is 2.20. The summed E-state index contributed by atoms with van der Waals surface area (Å²) >= 11 is 0. The van der Waals surface area contributed by atoms with E-state index in [9.17, 15) is 10.1 Å². The van der Waals surface area contributed by atoms with Gasteiger partial charge in [0.15, 0.2) is 0 Å². The van der Waals surface area contributed by atoms with Crippen molar-refractivity contribution in [3.63, 3.8) is 0 Å². The van der Waals surface area contributed by atoms with Crippen LogP contribution in [0.2, 0.25) is 0 Å². The van der Waals surface area contributed by atoms with Crippen LogP contribution in [0.15, 0.2) is 18.2 Å². The maximum absolute atomic E-state index is 11.8. The Hall–Kier alpha value is -2.06. The molecule has 0 radical (unpaired) electrons. The molecule has 1 aliphatic carbocycles. The van der Waals surface area contributed by atoms with Crippen LogP contribution < -0.4 is 11.1 Å². The summed E-state index contributed by atoms with van der Waals surface area (Å²) in [5.74, 6) is -0.365. The predicted molar refractivity (Wildman–Crippen MR) is 81.0 cm³/mol. The summed E-state index contributed by atoms with van der Waals surface area (Å²) in [5, 5.41) is 12.6. The van der Waals surface area contributed by atoms with Crippen LogP contribution in [0.4, 0.5) is 5.69 Å². The average molecular weight is 287 g/mol. The molecule has 0 unspecified atom stereocenters. The fourth-order valence-electron chi connectivity index (χ4n) is 2.59. The Morgan fingerprint density at radius 2 is 2.14 bits per heavy atom. The average Bonchev–Trinajstić information content (AvgIpc) is 2.50. The maximum atomic E-state index is 11.8. The summed E-state index contributed by atoms with van der Waals surface area (Å²) in [6.07, 6.45) is 3.93. The molecular weight excluding hydrogens is 266 g/mol. The van der Waals surface area contributed by atoms with E-state index in [2.05, 4.69) is 11.4 Å². The second kappa shape index (κ2) is 7.09. The quantitative estimate of drug-likeness (QED) is 0.830. The Morgan fingerprint density at radius 1 is 1.43 bits per heavy atom. The highest BCUT2D eigenvalue weighted by molar-refractivity contribution is 5.91. The fourth-order valence-corrected chi connectivity index (χ4v) is 2.59. The van der Waals surface area contributed by atoms with Gasteiger partial charge < -0.3 is 15.8 Å². The van der Waals surface area contributed by atoms with Crippen LogP contribution in [0.5, 0.6) is 0 Å². The van der Waals surface area contributed by atoms with Crippen LogP contribution in [0.3, 0.4) is 0 Å². The topological polar surface area (TPSA) is 88.1 Å². The van der Waals surface area contributed by atoms with Crippen molar-refractivity contribution >= 4 is 11.7 Å². The molecule has 0 aliphatic heterocycles. The van der Waals surface area contributed by atoms with E-state index in [1.54, 1.807) is 25.1 Å². The Bertz CT molecular complexity index is 543. The Morgan fingerprint density at radius 3 is 2.76 bits per heavy atom. The zero-order valence-corrected chi connectivity index (χ0v) is 12.3. The molecule has 1 aromatic rings. The molecule has 1 aromatic carbocycles. The summed E-state index contributed by atoms with van der Waals surface area (Å²) < 4.78 is 4.99. The standard InChI is InChI=1S/C16H21N3O2/c1-2-21-16(20)11-3-4-12(10-17)15(9-11)19-14-7-5-13(18)6-8-14/h3-4,9,13-14,19H,2,5-8,18H2,1H3. The first kappa shape index (κ1) is 15.3. The minimum atomic E-state index is -0.365. The van der Waals surface area contributed by atoms with Crippen LogP contribution >= 0.6 is 0 Å². The number of nitrogens with two attached hydrogens (primary N) is 1. The SMILES string of the molecule is CCOC(=O)c1ccc(C#N)c(NC2CCC(N)CC2)c1. The second-order valence-electron chi connectivity index (χ2n) is 5.35. The molecule has 0 saturated heterocycles. The van der Waals surface area contributed by atoms with Gasteiger partial charge in [0, 0.05) is 12.1 Å². The lowest BCUT2D eigenvalue weighted by molar-refractivity contribution is 0.0526. The molecular formula is C16H21N3O2. The summed E-state index contributed by atoms with van der Waals surface area (Å²) in [5.41, 5.74) is 7.60. The van der Waals surface area contributed by atoms with E-state index < -0.39 is 0 Å². The van der Waals surface area contributed by atoms with Crippen LogP contribution in [0.1, 0.15) is 48.5 Å². The Balaban J connectivity index is 2.14. The summed E-state index contributed by atoms with van der Waals surface area (Å²) in [6.45, 7) is 2.11. The lowest BCUT2D eigenvalue weighted by Crippen LogP contribution is -2.33. The number of hydrogen-bond acceptors (Lipinski definition) is 5. The third-order valence-corrected chi connectivity index (χ3v) is 3.78. The second-order valence-corrected chi connectivity index (χ2v) is 5.35. The Kier molecular flexibility index (Phi) is 5.18. The van der Waals surface area contributed by atoms with Gasteiger partial charge in [-0.2, -0.15) is 5.26 Å². The number of benzene rings is 1.